The van der Waals surface area contributed by atoms with E-state index in [1.54, 1.807) is 6.07 Å². The monoisotopic (exact) mass is 264 g/mol. The number of nitrogens with zero attached hydrogens (tertiary/aromatic N) is 2. The fourth-order valence-corrected chi connectivity index (χ4v) is 2.46. The Labute approximate surface area is 111 Å². The highest BCUT2D eigenvalue weighted by Gasteiger charge is 2.13. The highest BCUT2D eigenvalue weighted by Crippen LogP contribution is 2.22. The molecule has 96 valence electrons. The molecule has 3 aromatic rings. The molecule has 2 amide bonds. The molecule has 0 aliphatic carbocycles. The molecule has 1 aromatic heterocycles. The zero-order chi connectivity index (χ0) is 13.7. The van der Waals surface area contributed by atoms with Gasteiger partial charge in [0.15, 0.2) is 0 Å². The Balaban J connectivity index is 2.15. The molecule has 0 bridgehead atoms. The molecule has 6 nitrogen and oxygen atoms in total. The fourth-order valence-electron chi connectivity index (χ4n) is 2.46. The van der Waals surface area contributed by atoms with E-state index in [1.807, 2.05) is 30.3 Å². The van der Waals surface area contributed by atoms with Crippen LogP contribution in [0, 0.1) is 0 Å². The number of carbonyl (C=O) groups is 1. The number of rotatable bonds is 1. The maximum absolute atomic E-state index is 11.5. The average Bonchev–Trinajstić information content (AvgIpc) is 2.98. The van der Waals surface area contributed by atoms with Crippen LogP contribution in [0.3, 0.4) is 0 Å². The smallest absolute Gasteiger partial charge is 0.306 e. The molecule has 0 saturated heterocycles. The van der Waals surface area contributed by atoms with E-state index >= 15 is 0 Å². The highest BCUT2D eigenvalue weighted by molar-refractivity contribution is 5.92. The van der Waals surface area contributed by atoms with Crippen molar-refractivity contribution in [1.29, 1.82) is 0 Å². The van der Waals surface area contributed by atoms with E-state index in [4.69, 9.17) is 0 Å². The summed E-state index contributed by atoms with van der Waals surface area (Å²) < 4.78 is 0. The number of aromatic nitrogens is 2. The van der Waals surface area contributed by atoms with Crippen molar-refractivity contribution in [3.63, 3.8) is 0 Å². The predicted molar refractivity (Wildman–Crippen MR) is 72.1 cm³/mol. The summed E-state index contributed by atoms with van der Waals surface area (Å²) in [6.45, 7) is 0. The number of fused-ring (bicyclic) bond motifs is 2. The lowest BCUT2D eigenvalue weighted by atomic mass is 10.0. The number of para-hydroxylation sites is 2. The summed E-state index contributed by atoms with van der Waals surface area (Å²) in [7, 11) is 0. The molecule has 2 N–H and O–H groups in total. The van der Waals surface area contributed by atoms with E-state index < -0.39 is 6.03 Å². The van der Waals surface area contributed by atoms with E-state index in [9.17, 15) is 9.59 Å². The largest absolute Gasteiger partial charge is 0.368 e. The molecule has 4 rings (SSSR count). The Kier molecular flexibility index (Phi) is 2.03. The van der Waals surface area contributed by atoms with Crippen LogP contribution >= 0.6 is 0 Å². The van der Waals surface area contributed by atoms with Gasteiger partial charge in [-0.2, -0.15) is 9.98 Å². The topological polar surface area (TPSA) is 90.4 Å². The van der Waals surface area contributed by atoms with Gasteiger partial charge in [-0.1, -0.05) is 24.3 Å². The minimum atomic E-state index is -0.498. The molecule has 0 radical (unpaired) electrons. The third-order valence-corrected chi connectivity index (χ3v) is 3.28. The summed E-state index contributed by atoms with van der Waals surface area (Å²) in [5.41, 5.74) is 2.73. The fraction of sp³-hybridized carbons (Fsp3) is 0. The van der Waals surface area contributed by atoms with E-state index in [2.05, 4.69) is 20.0 Å². The van der Waals surface area contributed by atoms with Crippen LogP contribution < -0.4 is 16.4 Å². The third kappa shape index (κ3) is 1.45. The number of aromatic amines is 2. The van der Waals surface area contributed by atoms with Gasteiger partial charge in [0.1, 0.15) is 5.36 Å². The van der Waals surface area contributed by atoms with Gasteiger partial charge in [0.2, 0.25) is 0 Å². The Morgan fingerprint density at radius 3 is 2.55 bits per heavy atom. The van der Waals surface area contributed by atoms with Crippen LogP contribution in [-0.2, 0) is 0 Å². The Morgan fingerprint density at radius 2 is 1.65 bits per heavy atom. The van der Waals surface area contributed by atoms with Gasteiger partial charge >= 0.3 is 11.7 Å². The van der Waals surface area contributed by atoms with E-state index in [1.165, 1.54) is 0 Å². The molecular weight excluding hydrogens is 256 g/mol. The van der Waals surface area contributed by atoms with Crippen molar-refractivity contribution in [2.24, 2.45) is 9.98 Å². The quantitative estimate of drug-likeness (QED) is 0.683. The number of amides is 2. The Bertz CT molecular complexity index is 1040. The van der Waals surface area contributed by atoms with Crippen LogP contribution in [-0.4, -0.2) is 16.0 Å². The van der Waals surface area contributed by atoms with Gasteiger partial charge < -0.3 is 9.97 Å². The zero-order valence-corrected chi connectivity index (χ0v) is 10.2. The van der Waals surface area contributed by atoms with Crippen molar-refractivity contribution in [2.45, 2.75) is 0 Å². The lowest BCUT2D eigenvalue weighted by molar-refractivity contribution is 0.256. The number of imidazole rings is 1. The highest BCUT2D eigenvalue weighted by atomic mass is 16.2. The number of benzene rings is 2. The van der Waals surface area contributed by atoms with Crippen molar-refractivity contribution >= 4 is 17.1 Å². The van der Waals surface area contributed by atoms with Crippen molar-refractivity contribution in [2.75, 3.05) is 0 Å². The third-order valence-electron chi connectivity index (χ3n) is 3.28. The van der Waals surface area contributed by atoms with Crippen LogP contribution in [0.25, 0.3) is 22.2 Å². The van der Waals surface area contributed by atoms with Gasteiger partial charge in [-0.05, 0) is 12.1 Å². The molecule has 0 atom stereocenters. The lowest BCUT2D eigenvalue weighted by Crippen LogP contribution is -2.23. The molecule has 0 saturated carbocycles. The number of carbonyl (C=O) groups excluding carboxylic acids is 1. The molecule has 0 spiro atoms. The van der Waals surface area contributed by atoms with Gasteiger partial charge in [-0.3, -0.25) is 0 Å². The lowest BCUT2D eigenvalue weighted by Gasteiger charge is -2.02. The van der Waals surface area contributed by atoms with Crippen LogP contribution in [0.15, 0.2) is 51.2 Å². The van der Waals surface area contributed by atoms with E-state index in [-0.39, 0.29) is 5.69 Å². The second-order valence-corrected chi connectivity index (χ2v) is 4.49. The summed E-state index contributed by atoms with van der Waals surface area (Å²) in [5.74, 6) is 0. The van der Waals surface area contributed by atoms with Gasteiger partial charge in [-0.15, -0.1) is 0 Å². The SMILES string of the molecule is O=C1N=c2cccc(-c3cccc4[nH]c(=O)[nH]c34)c2=N1. The number of hydrogen-bond acceptors (Lipinski definition) is 2. The van der Waals surface area contributed by atoms with Crippen molar-refractivity contribution in [3.05, 3.63) is 57.6 Å². The summed E-state index contributed by atoms with van der Waals surface area (Å²) in [6, 6.07) is 10.4. The Morgan fingerprint density at radius 1 is 0.850 bits per heavy atom. The molecule has 20 heavy (non-hydrogen) atoms. The van der Waals surface area contributed by atoms with Crippen LogP contribution in [0.4, 0.5) is 4.79 Å². The molecule has 0 unspecified atom stereocenters. The van der Waals surface area contributed by atoms with Crippen molar-refractivity contribution in [3.8, 4) is 11.1 Å². The number of nitrogens with one attached hydrogen (secondary N) is 2. The number of urea groups is 1. The number of H-pyrrole nitrogens is 2. The number of hydrogen-bond donors (Lipinski definition) is 2. The minimum absolute atomic E-state index is 0.266. The van der Waals surface area contributed by atoms with Gasteiger partial charge in [0.05, 0.1) is 16.4 Å². The van der Waals surface area contributed by atoms with Crippen molar-refractivity contribution < 1.29 is 4.79 Å². The first-order valence-electron chi connectivity index (χ1n) is 6.04. The predicted octanol–water partition coefficient (Wildman–Crippen LogP) is 0.896. The van der Waals surface area contributed by atoms with Gasteiger partial charge in [0.25, 0.3) is 0 Å². The standard InChI is InChI=1S/C14H8N4O2/c19-13-15-9-5-1-3-7(11(9)17-13)8-4-2-6-10-12(8)18-14(20)16-10/h1-6H,(H2,15,17,19). The van der Waals surface area contributed by atoms with E-state index in [0.29, 0.717) is 21.7 Å². The molecule has 0 fully saturated rings. The van der Waals surface area contributed by atoms with E-state index in [0.717, 1.165) is 11.1 Å². The van der Waals surface area contributed by atoms with Gasteiger partial charge in [0, 0.05) is 11.1 Å². The molecule has 2 heterocycles. The first-order chi connectivity index (χ1) is 9.72. The molecule has 1 aliphatic heterocycles. The summed E-state index contributed by atoms with van der Waals surface area (Å²) >= 11 is 0. The minimum Gasteiger partial charge on any atom is -0.306 e. The normalized spacial score (nSPS) is 13.1. The first kappa shape index (κ1) is 10.9. The van der Waals surface area contributed by atoms with Gasteiger partial charge in [-0.25, -0.2) is 9.59 Å². The average molecular weight is 264 g/mol. The molecule has 1 aliphatic rings. The first-order valence-corrected chi connectivity index (χ1v) is 6.04. The second-order valence-electron chi connectivity index (χ2n) is 4.49. The second kappa shape index (κ2) is 3.74. The molecule has 2 aromatic carbocycles. The summed E-state index contributed by atoms with van der Waals surface area (Å²) in [5, 5.41) is 1.11. The van der Waals surface area contributed by atoms with Crippen molar-refractivity contribution in [1.82, 2.24) is 9.97 Å². The zero-order valence-electron chi connectivity index (χ0n) is 10.2. The molecule has 6 heteroatoms. The molecular formula is C14H8N4O2. The Hall–Kier alpha value is -3.02. The van der Waals surface area contributed by atoms with Crippen LogP contribution in [0.1, 0.15) is 0 Å². The van der Waals surface area contributed by atoms with Crippen LogP contribution in [0.5, 0.6) is 0 Å². The maximum atomic E-state index is 11.5. The maximum Gasteiger partial charge on any atom is 0.368 e. The summed E-state index contributed by atoms with van der Waals surface area (Å²) in [4.78, 5) is 36.0. The van der Waals surface area contributed by atoms with Crippen LogP contribution in [0.2, 0.25) is 0 Å². The summed E-state index contributed by atoms with van der Waals surface area (Å²) in [6.07, 6.45) is 0.